The van der Waals surface area contributed by atoms with E-state index in [4.69, 9.17) is 0 Å². The average Bonchev–Trinajstić information content (AvgIpc) is 4.20. The monoisotopic (exact) mass is 964 g/mol. The number of para-hydroxylation sites is 4. The second kappa shape index (κ2) is 16.4. The SMILES string of the molecule is c1ccc(-c2ccc(-c3ccccc3N(c3ccc(C4(c5ccccc5)c5ccccc5-c5ccccc54)cc3)c3cccc4c3-c3ccccc3C43c4ccccc4-n4c5ccccc5c5cccc3c54)cc2)cc1. The van der Waals surface area contributed by atoms with Crippen molar-refractivity contribution in [2.45, 2.75) is 10.8 Å². The topological polar surface area (TPSA) is 8.17 Å². The first-order chi connectivity index (χ1) is 37.7. The van der Waals surface area contributed by atoms with Crippen molar-refractivity contribution < 1.29 is 0 Å². The van der Waals surface area contributed by atoms with E-state index in [1.54, 1.807) is 0 Å². The standard InChI is InChI=1S/C74H48N2/c1-3-21-49(22-4-1)50-41-43-51(44-42-50)55-25-10-16-37-67(55)75(54-47-45-53(46-48-54)73(52-23-5-2-6-24-52)61-31-12-7-26-56(61)57-27-8-13-32-62(57)73)70-40-20-35-65-71(70)60-29-9-14-33-63(60)74(65)64-34-15-18-39-69(64)76-68-38-17-11-28-58(68)59-30-19-36-66(74)72(59)76/h1-48H. The maximum Gasteiger partial charge on any atom is 0.0755 e. The van der Waals surface area contributed by atoms with Crippen LogP contribution in [0.15, 0.2) is 291 Å². The fourth-order valence-electron chi connectivity index (χ4n) is 14.1. The lowest BCUT2D eigenvalue weighted by molar-refractivity contribution is 0.748. The average molecular weight is 965 g/mol. The molecule has 1 aromatic heterocycles. The number of aromatic nitrogens is 1. The lowest BCUT2D eigenvalue weighted by Gasteiger charge is -2.39. The normalized spacial score (nSPS) is 15.0. The summed E-state index contributed by atoms with van der Waals surface area (Å²) in [6.45, 7) is 0. The Bertz CT molecular complexity index is 4410. The molecule has 13 aromatic rings. The highest BCUT2D eigenvalue weighted by Gasteiger charge is 2.52. The molecule has 0 bridgehead atoms. The maximum absolute atomic E-state index is 2.55. The highest BCUT2D eigenvalue weighted by atomic mass is 15.1. The second-order valence-corrected chi connectivity index (χ2v) is 20.6. The molecule has 1 unspecified atom stereocenters. The van der Waals surface area contributed by atoms with Crippen molar-refractivity contribution >= 4 is 38.9 Å². The number of nitrogens with zero attached hydrogens (tertiary/aromatic N) is 2. The van der Waals surface area contributed by atoms with Crippen LogP contribution >= 0.6 is 0 Å². The molecule has 0 amide bonds. The van der Waals surface area contributed by atoms with Crippen molar-refractivity contribution in [2.24, 2.45) is 0 Å². The van der Waals surface area contributed by atoms with Crippen LogP contribution in [0, 0.1) is 0 Å². The Morgan fingerprint density at radius 2 is 0.763 bits per heavy atom. The predicted molar refractivity (Wildman–Crippen MR) is 315 cm³/mol. The van der Waals surface area contributed by atoms with E-state index >= 15 is 0 Å². The van der Waals surface area contributed by atoms with E-state index in [1.807, 2.05) is 0 Å². The first kappa shape index (κ1) is 42.7. The summed E-state index contributed by atoms with van der Waals surface area (Å²) >= 11 is 0. The fraction of sp³-hybridized carbons (Fsp3) is 0.0270. The lowest BCUT2D eigenvalue weighted by Crippen LogP contribution is -2.33. The maximum atomic E-state index is 2.55. The van der Waals surface area contributed by atoms with Crippen LogP contribution in [0.4, 0.5) is 17.1 Å². The van der Waals surface area contributed by atoms with Gasteiger partial charge in [-0.25, -0.2) is 0 Å². The Morgan fingerprint density at radius 3 is 1.50 bits per heavy atom. The van der Waals surface area contributed by atoms with E-state index in [-0.39, 0.29) is 0 Å². The summed E-state index contributed by atoms with van der Waals surface area (Å²) in [7, 11) is 0. The third-order valence-corrected chi connectivity index (χ3v) is 17.1. The number of benzene rings is 12. The van der Waals surface area contributed by atoms with Crippen molar-refractivity contribution in [3.63, 3.8) is 0 Å². The molecule has 0 N–H and O–H groups in total. The zero-order valence-electron chi connectivity index (χ0n) is 41.6. The highest BCUT2D eigenvalue weighted by Crippen LogP contribution is 2.64. The molecule has 354 valence electrons. The van der Waals surface area contributed by atoms with Gasteiger partial charge in [0.25, 0.3) is 0 Å². The first-order valence-corrected chi connectivity index (χ1v) is 26.5. The molecule has 1 aliphatic heterocycles. The number of hydrogen-bond acceptors (Lipinski definition) is 1. The minimum Gasteiger partial charge on any atom is -0.309 e. The van der Waals surface area contributed by atoms with Crippen LogP contribution in [-0.2, 0) is 10.8 Å². The molecule has 16 rings (SSSR count). The Kier molecular flexibility index (Phi) is 9.20. The van der Waals surface area contributed by atoms with Crippen molar-refractivity contribution in [2.75, 3.05) is 4.90 Å². The number of rotatable bonds is 7. The predicted octanol–water partition coefficient (Wildman–Crippen LogP) is 18.6. The third-order valence-electron chi connectivity index (χ3n) is 17.1. The van der Waals surface area contributed by atoms with Crippen molar-refractivity contribution in [3.8, 4) is 50.2 Å². The molecular weight excluding hydrogens is 917 g/mol. The van der Waals surface area contributed by atoms with Gasteiger partial charge in [-0.3, -0.25) is 0 Å². The molecule has 2 heterocycles. The molecule has 0 saturated carbocycles. The van der Waals surface area contributed by atoms with E-state index in [1.165, 1.54) is 105 Å². The van der Waals surface area contributed by atoms with Gasteiger partial charge < -0.3 is 9.47 Å². The van der Waals surface area contributed by atoms with Crippen molar-refractivity contribution in [1.29, 1.82) is 0 Å². The fourth-order valence-corrected chi connectivity index (χ4v) is 14.1. The molecule has 2 nitrogen and oxygen atoms in total. The Hall–Kier alpha value is -9.76. The van der Waals surface area contributed by atoms with Crippen molar-refractivity contribution in [3.05, 3.63) is 336 Å². The van der Waals surface area contributed by atoms with Gasteiger partial charge >= 0.3 is 0 Å². The number of fused-ring (bicyclic) bond motifs is 15. The Labute approximate surface area is 442 Å². The third kappa shape index (κ3) is 5.70. The minimum absolute atomic E-state index is 0.520. The van der Waals surface area contributed by atoms with Crippen LogP contribution in [0.1, 0.15) is 44.5 Å². The summed E-state index contributed by atoms with van der Waals surface area (Å²) in [6.07, 6.45) is 0. The van der Waals surface area contributed by atoms with E-state index in [9.17, 15) is 0 Å². The summed E-state index contributed by atoms with van der Waals surface area (Å²) in [6, 6.07) is 109. The lowest BCUT2D eigenvalue weighted by atomic mass is 9.65. The van der Waals surface area contributed by atoms with Gasteiger partial charge in [-0.2, -0.15) is 0 Å². The Morgan fingerprint density at radius 1 is 0.276 bits per heavy atom. The highest BCUT2D eigenvalue weighted by molar-refractivity contribution is 6.13. The minimum atomic E-state index is -0.601. The van der Waals surface area contributed by atoms with Gasteiger partial charge in [-0.1, -0.05) is 255 Å². The zero-order chi connectivity index (χ0) is 50.0. The molecule has 0 fully saturated rings. The van der Waals surface area contributed by atoms with Crippen LogP contribution < -0.4 is 4.90 Å². The molecule has 12 aromatic carbocycles. The van der Waals surface area contributed by atoms with Gasteiger partial charge in [0.15, 0.2) is 0 Å². The van der Waals surface area contributed by atoms with Gasteiger partial charge in [0.05, 0.1) is 38.9 Å². The van der Waals surface area contributed by atoms with E-state index < -0.39 is 10.8 Å². The molecule has 76 heavy (non-hydrogen) atoms. The summed E-state index contributed by atoms with van der Waals surface area (Å²) in [5, 5.41) is 2.55. The van der Waals surface area contributed by atoms with Crippen LogP contribution in [-0.4, -0.2) is 4.57 Å². The van der Waals surface area contributed by atoms with Gasteiger partial charge in [0, 0.05) is 27.6 Å². The van der Waals surface area contributed by atoms with Gasteiger partial charge in [0.1, 0.15) is 0 Å². The second-order valence-electron chi connectivity index (χ2n) is 20.6. The molecule has 1 spiro atoms. The first-order valence-electron chi connectivity index (χ1n) is 26.5. The molecule has 2 aliphatic carbocycles. The molecule has 1 atom stereocenters. The summed E-state index contributed by atoms with van der Waals surface area (Å²) in [4.78, 5) is 2.55. The van der Waals surface area contributed by atoms with Crippen LogP contribution in [0.25, 0.3) is 72.0 Å². The number of hydrogen-bond donors (Lipinski definition) is 0. The molecule has 3 aliphatic rings. The summed E-state index contributed by atoms with van der Waals surface area (Å²) < 4.78 is 2.53. The summed E-state index contributed by atoms with van der Waals surface area (Å²) in [5.41, 5.74) is 26.0. The van der Waals surface area contributed by atoms with Crippen molar-refractivity contribution in [1.82, 2.24) is 4.57 Å². The van der Waals surface area contributed by atoms with E-state index in [2.05, 4.69) is 301 Å². The zero-order valence-corrected chi connectivity index (χ0v) is 41.6. The van der Waals surface area contributed by atoms with Gasteiger partial charge in [-0.05, 0) is 114 Å². The molecule has 0 saturated heterocycles. The quantitative estimate of drug-likeness (QED) is 0.155. The van der Waals surface area contributed by atoms with Gasteiger partial charge in [0.2, 0.25) is 0 Å². The Balaban J connectivity index is 0.963. The van der Waals surface area contributed by atoms with E-state index in [0.717, 1.165) is 28.2 Å². The van der Waals surface area contributed by atoms with Gasteiger partial charge in [-0.15, -0.1) is 0 Å². The van der Waals surface area contributed by atoms with Crippen LogP contribution in [0.3, 0.4) is 0 Å². The number of anilines is 3. The van der Waals surface area contributed by atoms with E-state index in [0.29, 0.717) is 0 Å². The smallest absolute Gasteiger partial charge is 0.0755 e. The molecule has 0 radical (unpaired) electrons. The largest absolute Gasteiger partial charge is 0.309 e. The van der Waals surface area contributed by atoms with Crippen LogP contribution in [0.2, 0.25) is 0 Å². The van der Waals surface area contributed by atoms with Crippen LogP contribution in [0.5, 0.6) is 0 Å². The summed E-state index contributed by atoms with van der Waals surface area (Å²) in [5.74, 6) is 0. The molecular formula is C74H48N2. The molecule has 2 heteroatoms.